The number of alkyl halides is 3. The van der Waals surface area contributed by atoms with Crippen molar-refractivity contribution in [2.45, 2.75) is 6.18 Å². The molecule has 0 heterocycles. The number of halogens is 4. The fourth-order valence-corrected chi connectivity index (χ4v) is 2.19. The van der Waals surface area contributed by atoms with Gasteiger partial charge in [-0.25, -0.2) is 4.79 Å². The summed E-state index contributed by atoms with van der Waals surface area (Å²) in [5, 5.41) is 8.74. The van der Waals surface area contributed by atoms with E-state index in [-0.39, 0.29) is 16.3 Å². The highest BCUT2D eigenvalue weighted by atomic mass is 35.5. The highest BCUT2D eigenvalue weighted by Gasteiger charge is 2.35. The molecule has 0 aliphatic carbocycles. The van der Waals surface area contributed by atoms with E-state index in [1.165, 1.54) is 24.3 Å². The molecule has 0 spiro atoms. The van der Waals surface area contributed by atoms with Crippen molar-refractivity contribution in [2.75, 3.05) is 6.61 Å². The molecule has 0 radical (unpaired) electrons. The van der Waals surface area contributed by atoms with Crippen LogP contribution in [-0.4, -0.2) is 23.5 Å². The number of hydrogen-bond donors (Lipinski definition) is 1. The van der Waals surface area contributed by atoms with E-state index >= 15 is 0 Å². The van der Waals surface area contributed by atoms with Gasteiger partial charge < -0.3 is 9.84 Å². The first-order chi connectivity index (χ1) is 11.2. The SMILES string of the molecule is O=C(O)COc1ccc(Cl)cc1C(=O)c1ccccc1C(F)(F)F. The molecule has 8 heteroatoms. The van der Waals surface area contributed by atoms with Crippen LogP contribution in [0.5, 0.6) is 5.75 Å². The molecule has 0 aromatic heterocycles. The summed E-state index contributed by atoms with van der Waals surface area (Å²) >= 11 is 5.79. The third-order valence-electron chi connectivity index (χ3n) is 3.01. The van der Waals surface area contributed by atoms with E-state index in [0.29, 0.717) is 0 Å². The second-order valence-electron chi connectivity index (χ2n) is 4.70. The van der Waals surface area contributed by atoms with Crippen LogP contribution in [0.2, 0.25) is 5.02 Å². The maximum atomic E-state index is 13.1. The van der Waals surface area contributed by atoms with Gasteiger partial charge in [0, 0.05) is 10.6 Å². The molecule has 0 saturated heterocycles. The maximum Gasteiger partial charge on any atom is 0.417 e. The van der Waals surface area contributed by atoms with Gasteiger partial charge in [-0.05, 0) is 24.3 Å². The predicted octanol–water partition coefficient (Wildman–Crippen LogP) is 4.05. The monoisotopic (exact) mass is 358 g/mol. The standard InChI is InChI=1S/C16H10ClF3O4/c17-9-5-6-13(24-8-14(21)22)11(7-9)15(23)10-3-1-2-4-12(10)16(18,19)20/h1-7H,8H2,(H,21,22). The van der Waals surface area contributed by atoms with E-state index in [2.05, 4.69) is 0 Å². The first-order valence-electron chi connectivity index (χ1n) is 6.55. The lowest BCUT2D eigenvalue weighted by molar-refractivity contribution is -0.139. The summed E-state index contributed by atoms with van der Waals surface area (Å²) in [6, 6.07) is 7.99. The Morgan fingerprint density at radius 3 is 2.38 bits per heavy atom. The van der Waals surface area contributed by atoms with Gasteiger partial charge in [-0.2, -0.15) is 13.2 Å². The van der Waals surface area contributed by atoms with Crippen molar-refractivity contribution in [3.8, 4) is 5.75 Å². The van der Waals surface area contributed by atoms with E-state index < -0.39 is 35.7 Å². The van der Waals surface area contributed by atoms with Crippen molar-refractivity contribution in [1.82, 2.24) is 0 Å². The average Bonchev–Trinajstić information content (AvgIpc) is 2.52. The van der Waals surface area contributed by atoms with Crippen LogP contribution in [0.1, 0.15) is 21.5 Å². The molecule has 2 aromatic rings. The third kappa shape index (κ3) is 4.05. The number of hydrogen-bond acceptors (Lipinski definition) is 3. The number of carbonyl (C=O) groups is 2. The zero-order chi connectivity index (χ0) is 17.9. The van der Waals surface area contributed by atoms with Gasteiger partial charge in [0.05, 0.1) is 11.1 Å². The lowest BCUT2D eigenvalue weighted by Crippen LogP contribution is -2.16. The predicted molar refractivity (Wildman–Crippen MR) is 79.5 cm³/mol. The molecular weight excluding hydrogens is 349 g/mol. The molecule has 24 heavy (non-hydrogen) atoms. The first-order valence-corrected chi connectivity index (χ1v) is 6.93. The largest absolute Gasteiger partial charge is 0.481 e. The Labute approximate surface area is 139 Å². The Morgan fingerprint density at radius 2 is 1.75 bits per heavy atom. The van der Waals surface area contributed by atoms with Crippen molar-refractivity contribution in [3.63, 3.8) is 0 Å². The smallest absolute Gasteiger partial charge is 0.417 e. The highest BCUT2D eigenvalue weighted by Crippen LogP contribution is 2.34. The maximum absolute atomic E-state index is 13.1. The lowest BCUT2D eigenvalue weighted by Gasteiger charge is -2.14. The quantitative estimate of drug-likeness (QED) is 0.819. The van der Waals surface area contributed by atoms with Gasteiger partial charge in [-0.1, -0.05) is 29.8 Å². The van der Waals surface area contributed by atoms with E-state index in [1.54, 1.807) is 0 Å². The number of rotatable bonds is 5. The molecular formula is C16H10ClF3O4. The molecule has 0 saturated carbocycles. The Hall–Kier alpha value is -2.54. The lowest BCUT2D eigenvalue weighted by atomic mass is 9.97. The molecule has 126 valence electrons. The number of ketones is 1. The second-order valence-corrected chi connectivity index (χ2v) is 5.13. The van der Waals surface area contributed by atoms with Gasteiger partial charge in [0.25, 0.3) is 0 Å². The molecule has 0 amide bonds. The molecule has 2 rings (SSSR count). The third-order valence-corrected chi connectivity index (χ3v) is 3.25. The molecule has 0 aliphatic rings. The van der Waals surface area contributed by atoms with Crippen LogP contribution in [0.4, 0.5) is 13.2 Å². The van der Waals surface area contributed by atoms with E-state index in [4.69, 9.17) is 21.4 Å². The molecule has 0 aliphatic heterocycles. The second kappa shape index (κ2) is 6.92. The van der Waals surface area contributed by atoms with Crippen LogP contribution >= 0.6 is 11.6 Å². The zero-order valence-electron chi connectivity index (χ0n) is 11.9. The van der Waals surface area contributed by atoms with Gasteiger partial charge in [-0.3, -0.25) is 4.79 Å². The number of aliphatic carboxylic acids is 1. The Morgan fingerprint density at radius 1 is 1.08 bits per heavy atom. The van der Waals surface area contributed by atoms with Crippen LogP contribution in [0, 0.1) is 0 Å². The van der Waals surface area contributed by atoms with Crippen LogP contribution in [0.15, 0.2) is 42.5 Å². The number of carboxylic acid groups (broad SMARTS) is 1. The summed E-state index contributed by atoms with van der Waals surface area (Å²) in [5.74, 6) is -2.42. The fraction of sp³-hybridized carbons (Fsp3) is 0.125. The van der Waals surface area contributed by atoms with Crippen molar-refractivity contribution in [2.24, 2.45) is 0 Å². The average molecular weight is 359 g/mol. The Balaban J connectivity index is 2.51. The summed E-state index contributed by atoms with van der Waals surface area (Å²) < 4.78 is 44.2. The Bertz CT molecular complexity index is 787. The minimum Gasteiger partial charge on any atom is -0.481 e. The van der Waals surface area contributed by atoms with Gasteiger partial charge in [0.1, 0.15) is 5.75 Å². The highest BCUT2D eigenvalue weighted by molar-refractivity contribution is 6.31. The van der Waals surface area contributed by atoms with E-state index in [1.807, 2.05) is 0 Å². The molecule has 4 nitrogen and oxygen atoms in total. The summed E-state index contributed by atoms with van der Waals surface area (Å²) in [7, 11) is 0. The van der Waals surface area contributed by atoms with Crippen LogP contribution < -0.4 is 4.74 Å². The van der Waals surface area contributed by atoms with E-state index in [9.17, 15) is 22.8 Å². The number of carboxylic acids is 1. The van der Waals surface area contributed by atoms with Gasteiger partial charge in [0.2, 0.25) is 0 Å². The van der Waals surface area contributed by atoms with Crippen LogP contribution in [-0.2, 0) is 11.0 Å². The zero-order valence-corrected chi connectivity index (χ0v) is 12.7. The number of benzene rings is 2. The molecule has 0 unspecified atom stereocenters. The Kier molecular flexibility index (Phi) is 5.14. The summed E-state index contributed by atoms with van der Waals surface area (Å²) in [6.45, 7) is -0.747. The summed E-state index contributed by atoms with van der Waals surface area (Å²) in [4.78, 5) is 23.1. The van der Waals surface area contributed by atoms with Gasteiger partial charge >= 0.3 is 12.1 Å². The molecule has 2 aromatic carbocycles. The van der Waals surface area contributed by atoms with Crippen molar-refractivity contribution in [3.05, 3.63) is 64.2 Å². The van der Waals surface area contributed by atoms with Crippen molar-refractivity contribution >= 4 is 23.4 Å². The first kappa shape index (κ1) is 17.8. The van der Waals surface area contributed by atoms with Crippen molar-refractivity contribution < 1.29 is 32.6 Å². The van der Waals surface area contributed by atoms with Crippen LogP contribution in [0.3, 0.4) is 0 Å². The molecule has 0 fully saturated rings. The van der Waals surface area contributed by atoms with Crippen LogP contribution in [0.25, 0.3) is 0 Å². The molecule has 1 N–H and O–H groups in total. The number of ether oxygens (including phenoxy) is 1. The molecule has 0 bridgehead atoms. The summed E-state index contributed by atoms with van der Waals surface area (Å²) in [5.41, 5.74) is -1.92. The minimum absolute atomic E-state index is 0.102. The van der Waals surface area contributed by atoms with E-state index in [0.717, 1.165) is 18.2 Å². The fourth-order valence-electron chi connectivity index (χ4n) is 2.02. The number of carbonyl (C=O) groups excluding carboxylic acids is 1. The topological polar surface area (TPSA) is 63.6 Å². The normalized spacial score (nSPS) is 11.2. The van der Waals surface area contributed by atoms with Gasteiger partial charge in [0.15, 0.2) is 12.4 Å². The van der Waals surface area contributed by atoms with Gasteiger partial charge in [-0.15, -0.1) is 0 Å². The summed E-state index contributed by atoms with van der Waals surface area (Å²) in [6.07, 6.45) is -4.72. The minimum atomic E-state index is -4.72. The van der Waals surface area contributed by atoms with Crippen molar-refractivity contribution in [1.29, 1.82) is 0 Å². The molecule has 0 atom stereocenters.